The lowest BCUT2D eigenvalue weighted by Crippen LogP contribution is -2.56. The third kappa shape index (κ3) is 5.88. The minimum atomic E-state index is -4.21. The summed E-state index contributed by atoms with van der Waals surface area (Å²) in [6, 6.07) is 7.37. The van der Waals surface area contributed by atoms with Crippen LogP contribution in [-0.4, -0.2) is 77.6 Å². The second-order valence-corrected chi connectivity index (χ2v) is 14.1. The van der Waals surface area contributed by atoms with Gasteiger partial charge in [0, 0.05) is 38.3 Å². The molecule has 0 radical (unpaired) electrons. The molecule has 8 nitrogen and oxygen atoms in total. The molecule has 0 bridgehead atoms. The Balaban J connectivity index is 1.25. The number of carbonyl (C=O) groups is 1. The van der Waals surface area contributed by atoms with E-state index in [0.717, 1.165) is 19.2 Å². The van der Waals surface area contributed by atoms with Crippen LogP contribution in [0.25, 0.3) is 0 Å². The minimum absolute atomic E-state index is 0.0463. The summed E-state index contributed by atoms with van der Waals surface area (Å²) in [7, 11) is -4.21. The summed E-state index contributed by atoms with van der Waals surface area (Å²) in [5, 5.41) is 9.77. The number of halogens is 2. The van der Waals surface area contributed by atoms with Crippen LogP contribution in [0.2, 0.25) is 0 Å². The summed E-state index contributed by atoms with van der Waals surface area (Å²) >= 11 is 0. The lowest BCUT2D eigenvalue weighted by molar-refractivity contribution is -0.0169. The first kappa shape index (κ1) is 29.3. The number of piperazine rings is 1. The highest BCUT2D eigenvalue weighted by atomic mass is 32.2. The van der Waals surface area contributed by atoms with E-state index in [4.69, 9.17) is 4.74 Å². The van der Waals surface area contributed by atoms with Gasteiger partial charge in [-0.25, -0.2) is 22.0 Å². The van der Waals surface area contributed by atoms with E-state index in [2.05, 4.69) is 4.90 Å². The normalized spacial score (nSPS) is 25.7. The van der Waals surface area contributed by atoms with Gasteiger partial charge in [0.2, 0.25) is 10.0 Å². The van der Waals surface area contributed by atoms with Crippen LogP contribution in [0, 0.1) is 11.6 Å². The Hall–Kier alpha value is -2.76. The van der Waals surface area contributed by atoms with E-state index in [0.29, 0.717) is 51.2 Å². The van der Waals surface area contributed by atoms with Gasteiger partial charge >= 0.3 is 6.09 Å². The van der Waals surface area contributed by atoms with Crippen molar-refractivity contribution < 1.29 is 31.8 Å². The molecule has 2 heterocycles. The number of phenols is 1. The summed E-state index contributed by atoms with van der Waals surface area (Å²) < 4.78 is 64.6. The van der Waals surface area contributed by atoms with Gasteiger partial charge in [0.15, 0.2) is 0 Å². The van der Waals surface area contributed by atoms with Gasteiger partial charge in [-0.15, -0.1) is 0 Å². The molecule has 4 aliphatic rings. The molecular weight excluding hydrogens is 564 g/mol. The third-order valence-electron chi connectivity index (χ3n) is 9.56. The standard InChI is InChI=1S/C31H39F2N3O5S/c32-23-19-22(20-24(33)21-23)28-7-4-8-29(36(28)42(39,40)27-11-9-26(37)10-12-27)31(13-14-31)41-30(38)35-17-15-34(16-18-35)25-5-2-1-3-6-25/h9-12,19-21,25,28-29,37H,1-8,13-18H2/t28?,29-/m1/s1. The van der Waals surface area contributed by atoms with Crippen molar-refractivity contribution in [1.29, 1.82) is 0 Å². The molecule has 4 fully saturated rings. The van der Waals surface area contributed by atoms with Crippen molar-refractivity contribution in [2.45, 2.75) is 92.8 Å². The SMILES string of the molecule is O=C(OC1([C@H]2CCCC(c3cc(F)cc(F)c3)N2S(=O)(=O)c2ccc(O)cc2)CC1)N1CCN(C2CCCCC2)CC1. The first-order valence-corrected chi connectivity index (χ1v) is 16.6. The van der Waals surface area contributed by atoms with E-state index in [1.54, 1.807) is 4.90 Å². The first-order chi connectivity index (χ1) is 20.2. The minimum Gasteiger partial charge on any atom is -0.508 e. The molecule has 2 aliphatic carbocycles. The number of amides is 1. The zero-order chi connectivity index (χ0) is 29.5. The molecule has 2 saturated carbocycles. The van der Waals surface area contributed by atoms with Crippen molar-refractivity contribution in [1.82, 2.24) is 14.1 Å². The number of benzene rings is 2. The van der Waals surface area contributed by atoms with Crippen molar-refractivity contribution in [3.05, 3.63) is 59.7 Å². The van der Waals surface area contributed by atoms with Crippen LogP contribution in [0.4, 0.5) is 13.6 Å². The molecule has 2 aliphatic heterocycles. The van der Waals surface area contributed by atoms with Crippen molar-refractivity contribution in [3.8, 4) is 5.75 Å². The van der Waals surface area contributed by atoms with Gasteiger partial charge in [-0.1, -0.05) is 19.3 Å². The molecule has 2 aromatic carbocycles. The Morgan fingerprint density at radius 2 is 1.50 bits per heavy atom. The highest BCUT2D eigenvalue weighted by Gasteiger charge is 2.60. The summed E-state index contributed by atoms with van der Waals surface area (Å²) in [6.45, 7) is 2.73. The lowest BCUT2D eigenvalue weighted by Gasteiger charge is -2.45. The lowest BCUT2D eigenvalue weighted by atomic mass is 9.90. The molecule has 2 aromatic rings. The maximum atomic E-state index is 14.3. The van der Waals surface area contributed by atoms with Crippen LogP contribution < -0.4 is 0 Å². The molecule has 228 valence electrons. The summed E-state index contributed by atoms with van der Waals surface area (Å²) in [5.41, 5.74) is -0.785. The number of hydrogen-bond donors (Lipinski definition) is 1. The first-order valence-electron chi connectivity index (χ1n) is 15.2. The Kier molecular flexibility index (Phi) is 8.19. The van der Waals surface area contributed by atoms with Crippen LogP contribution in [0.5, 0.6) is 5.75 Å². The number of piperidine rings is 1. The highest BCUT2D eigenvalue weighted by Crippen LogP contribution is 2.52. The molecule has 2 atom stereocenters. The monoisotopic (exact) mass is 603 g/mol. The number of ether oxygens (including phenoxy) is 1. The average Bonchev–Trinajstić information content (AvgIpc) is 3.77. The maximum Gasteiger partial charge on any atom is 0.410 e. The van der Waals surface area contributed by atoms with Gasteiger partial charge in [-0.3, -0.25) is 4.90 Å². The summed E-state index contributed by atoms with van der Waals surface area (Å²) in [6.07, 6.45) is 8.22. The van der Waals surface area contributed by atoms with Crippen LogP contribution in [0.3, 0.4) is 0 Å². The number of carbonyl (C=O) groups excluding carboxylic acids is 1. The van der Waals surface area contributed by atoms with Crippen molar-refractivity contribution >= 4 is 16.1 Å². The largest absolute Gasteiger partial charge is 0.508 e. The van der Waals surface area contributed by atoms with Gasteiger partial charge in [-0.05, 0) is 86.9 Å². The molecule has 11 heteroatoms. The zero-order valence-electron chi connectivity index (χ0n) is 23.8. The summed E-state index contributed by atoms with van der Waals surface area (Å²) in [4.78, 5) is 17.6. The number of sulfonamides is 1. The Morgan fingerprint density at radius 3 is 2.12 bits per heavy atom. The second-order valence-electron chi connectivity index (χ2n) is 12.2. The van der Waals surface area contributed by atoms with Crippen molar-refractivity contribution in [2.24, 2.45) is 0 Å². The maximum absolute atomic E-state index is 14.3. The summed E-state index contributed by atoms with van der Waals surface area (Å²) in [5.74, 6) is -1.65. The number of rotatable bonds is 6. The third-order valence-corrected chi connectivity index (χ3v) is 11.5. The molecular formula is C31H39F2N3O5S. The van der Waals surface area contributed by atoms with Gasteiger partial charge in [0.25, 0.3) is 0 Å². The van der Waals surface area contributed by atoms with Gasteiger partial charge in [-0.2, -0.15) is 4.31 Å². The van der Waals surface area contributed by atoms with E-state index in [9.17, 15) is 27.1 Å². The molecule has 2 saturated heterocycles. The van der Waals surface area contributed by atoms with Gasteiger partial charge in [0.1, 0.15) is 23.0 Å². The zero-order valence-corrected chi connectivity index (χ0v) is 24.6. The molecule has 6 rings (SSSR count). The molecule has 1 unspecified atom stereocenters. The van der Waals surface area contributed by atoms with Gasteiger partial charge in [0.05, 0.1) is 17.0 Å². The molecule has 1 N–H and O–H groups in total. The molecule has 0 spiro atoms. The van der Waals surface area contributed by atoms with E-state index >= 15 is 0 Å². The predicted molar refractivity (Wildman–Crippen MR) is 152 cm³/mol. The number of hydrogen-bond acceptors (Lipinski definition) is 6. The average molecular weight is 604 g/mol. The topological polar surface area (TPSA) is 90.4 Å². The van der Waals surface area contributed by atoms with Crippen LogP contribution in [-0.2, 0) is 14.8 Å². The van der Waals surface area contributed by atoms with E-state index in [1.165, 1.54) is 72.8 Å². The predicted octanol–water partition coefficient (Wildman–Crippen LogP) is 5.57. The van der Waals surface area contributed by atoms with E-state index < -0.39 is 45.4 Å². The van der Waals surface area contributed by atoms with Crippen molar-refractivity contribution in [2.75, 3.05) is 26.2 Å². The smallest absolute Gasteiger partial charge is 0.410 e. The Labute approximate surface area is 246 Å². The van der Waals surface area contributed by atoms with Crippen LogP contribution in [0.15, 0.2) is 47.4 Å². The Morgan fingerprint density at radius 1 is 0.857 bits per heavy atom. The second kappa shape index (κ2) is 11.7. The molecule has 42 heavy (non-hydrogen) atoms. The van der Waals surface area contributed by atoms with Crippen LogP contribution in [0.1, 0.15) is 75.8 Å². The number of aromatic hydroxyl groups is 1. The fourth-order valence-electron chi connectivity index (χ4n) is 7.21. The fraction of sp³-hybridized carbons (Fsp3) is 0.581. The molecule has 1 amide bonds. The Bertz CT molecular complexity index is 1370. The van der Waals surface area contributed by atoms with Gasteiger partial charge < -0.3 is 14.7 Å². The van der Waals surface area contributed by atoms with E-state index in [-0.39, 0.29) is 16.2 Å². The molecule has 0 aromatic heterocycles. The number of phenolic OH excluding ortho intramolecular Hbond substituents is 1. The van der Waals surface area contributed by atoms with Crippen LogP contribution >= 0.6 is 0 Å². The number of nitrogens with zero attached hydrogens (tertiary/aromatic N) is 3. The fourth-order valence-corrected chi connectivity index (χ4v) is 9.13. The quantitative estimate of drug-likeness (QED) is 0.464. The van der Waals surface area contributed by atoms with Crippen molar-refractivity contribution in [3.63, 3.8) is 0 Å². The highest BCUT2D eigenvalue weighted by molar-refractivity contribution is 7.89. The van der Waals surface area contributed by atoms with E-state index in [1.807, 2.05) is 0 Å².